The molecule has 2 amide bonds. The number of piperazine rings is 1. The van der Waals surface area contributed by atoms with Crippen molar-refractivity contribution < 1.29 is 27.5 Å². The van der Waals surface area contributed by atoms with E-state index in [-0.39, 0.29) is 24.3 Å². The number of carbonyl (C=O) groups excluding carboxylic acids is 2. The summed E-state index contributed by atoms with van der Waals surface area (Å²) in [5.74, 6) is -0.520. The monoisotopic (exact) mass is 523 g/mol. The van der Waals surface area contributed by atoms with Crippen LogP contribution >= 0.6 is 0 Å². The number of morpholine rings is 1. The Bertz CT molecular complexity index is 979. The molecule has 1 aromatic rings. The highest BCUT2D eigenvalue weighted by Crippen LogP contribution is 2.39. The minimum Gasteiger partial charge on any atom is -0.379 e. The first kappa shape index (κ1) is 26.2. The highest BCUT2D eigenvalue weighted by molar-refractivity contribution is 5.82. The van der Waals surface area contributed by atoms with Crippen molar-refractivity contribution in [2.45, 2.75) is 31.5 Å². The van der Waals surface area contributed by atoms with Crippen LogP contribution in [0.15, 0.2) is 18.2 Å². The van der Waals surface area contributed by atoms with Crippen LogP contribution in [0.3, 0.4) is 0 Å². The molecule has 0 saturated carbocycles. The number of fused-ring (bicyclic) bond motifs is 3. The van der Waals surface area contributed by atoms with Crippen molar-refractivity contribution in [3.63, 3.8) is 0 Å². The van der Waals surface area contributed by atoms with Crippen molar-refractivity contribution in [2.24, 2.45) is 5.92 Å². The summed E-state index contributed by atoms with van der Waals surface area (Å²) in [5.41, 5.74) is 0.632. The summed E-state index contributed by atoms with van der Waals surface area (Å²) < 4.78 is 45.7. The lowest BCUT2D eigenvalue weighted by Gasteiger charge is -2.49. The van der Waals surface area contributed by atoms with E-state index in [1.54, 1.807) is 6.07 Å². The third-order valence-electron chi connectivity index (χ3n) is 8.11. The Morgan fingerprint density at radius 3 is 2.49 bits per heavy atom. The zero-order chi connectivity index (χ0) is 26.0. The Labute approximate surface area is 215 Å². The molecular formula is C26H36F3N5O3. The predicted molar refractivity (Wildman–Crippen MR) is 132 cm³/mol. The molecule has 11 heteroatoms. The van der Waals surface area contributed by atoms with Gasteiger partial charge in [-0.3, -0.25) is 19.4 Å². The van der Waals surface area contributed by atoms with Gasteiger partial charge in [-0.2, -0.15) is 13.2 Å². The summed E-state index contributed by atoms with van der Waals surface area (Å²) in [4.78, 5) is 34.5. The molecule has 0 radical (unpaired) electrons. The van der Waals surface area contributed by atoms with Crippen LogP contribution in [0.1, 0.15) is 24.0 Å². The molecule has 37 heavy (non-hydrogen) atoms. The first-order chi connectivity index (χ1) is 17.8. The van der Waals surface area contributed by atoms with E-state index >= 15 is 0 Å². The number of halogens is 3. The lowest BCUT2D eigenvalue weighted by atomic mass is 9.82. The van der Waals surface area contributed by atoms with Gasteiger partial charge >= 0.3 is 6.18 Å². The number of hydrogen-bond acceptors (Lipinski definition) is 6. The van der Waals surface area contributed by atoms with E-state index in [1.807, 2.05) is 4.90 Å². The van der Waals surface area contributed by atoms with Gasteiger partial charge < -0.3 is 19.9 Å². The Balaban J connectivity index is 1.31. The Morgan fingerprint density at radius 2 is 1.76 bits per heavy atom. The average molecular weight is 524 g/mol. The van der Waals surface area contributed by atoms with Gasteiger partial charge in [-0.25, -0.2) is 0 Å². The molecular weight excluding hydrogens is 487 g/mol. The molecule has 8 nitrogen and oxygen atoms in total. The smallest absolute Gasteiger partial charge is 0.379 e. The second kappa shape index (κ2) is 11.2. The maximum Gasteiger partial charge on any atom is 0.416 e. The predicted octanol–water partition coefficient (Wildman–Crippen LogP) is 1.44. The molecule has 0 bridgehead atoms. The zero-order valence-corrected chi connectivity index (χ0v) is 21.1. The molecule has 204 valence electrons. The number of nitrogens with one attached hydrogen (secondary N) is 1. The minimum absolute atomic E-state index is 0.114. The second-order valence-corrected chi connectivity index (χ2v) is 10.5. The van der Waals surface area contributed by atoms with E-state index in [2.05, 4.69) is 20.0 Å². The van der Waals surface area contributed by atoms with E-state index in [0.29, 0.717) is 58.0 Å². The van der Waals surface area contributed by atoms with Crippen molar-refractivity contribution in [3.8, 4) is 0 Å². The fourth-order valence-electron chi connectivity index (χ4n) is 6.05. The summed E-state index contributed by atoms with van der Waals surface area (Å²) in [6, 6.07) is 3.67. The van der Waals surface area contributed by atoms with Crippen molar-refractivity contribution in [1.82, 2.24) is 20.0 Å². The number of alkyl halides is 3. The number of ether oxygens (including phenoxy) is 1. The number of carbonyl (C=O) groups is 2. The number of hydrogen-bond donors (Lipinski definition) is 1. The normalized spacial score (nSPS) is 25.1. The Morgan fingerprint density at radius 1 is 1.00 bits per heavy atom. The SMILES string of the molecule is O=C(NCCN1CCOCC1)C1Cc2cc(C(F)(F)F)ccc2N2CCN(CC(=O)N3CCCC3)CC12. The Hall–Kier alpha value is -2.37. The molecule has 0 aliphatic carbocycles. The van der Waals surface area contributed by atoms with E-state index in [0.717, 1.165) is 50.8 Å². The molecule has 4 aliphatic rings. The molecule has 3 fully saturated rings. The summed E-state index contributed by atoms with van der Waals surface area (Å²) in [7, 11) is 0. The van der Waals surface area contributed by atoms with Gasteiger partial charge in [0.15, 0.2) is 0 Å². The lowest BCUT2D eigenvalue weighted by molar-refractivity contribution is -0.137. The van der Waals surface area contributed by atoms with E-state index in [9.17, 15) is 22.8 Å². The Kier molecular flexibility index (Phi) is 7.92. The van der Waals surface area contributed by atoms with Gasteiger partial charge in [-0.15, -0.1) is 0 Å². The van der Waals surface area contributed by atoms with Crippen LogP contribution in [-0.2, 0) is 26.9 Å². The summed E-state index contributed by atoms with van der Waals surface area (Å²) in [6.07, 6.45) is -2.12. The summed E-state index contributed by atoms with van der Waals surface area (Å²) >= 11 is 0. The van der Waals surface area contributed by atoms with Gasteiger partial charge in [-0.1, -0.05) is 0 Å². The third-order valence-corrected chi connectivity index (χ3v) is 8.11. The van der Waals surface area contributed by atoms with Gasteiger partial charge in [0.2, 0.25) is 11.8 Å². The maximum atomic E-state index is 13.4. The van der Waals surface area contributed by atoms with Crippen LogP contribution in [-0.4, -0.2) is 111 Å². The van der Waals surface area contributed by atoms with Crippen molar-refractivity contribution in [2.75, 3.05) is 83.6 Å². The van der Waals surface area contributed by atoms with Crippen molar-refractivity contribution in [1.29, 1.82) is 0 Å². The van der Waals surface area contributed by atoms with Crippen LogP contribution in [0.5, 0.6) is 0 Å². The summed E-state index contributed by atoms with van der Waals surface area (Å²) in [6.45, 7) is 7.82. The van der Waals surface area contributed by atoms with Crippen LogP contribution in [0.25, 0.3) is 0 Å². The maximum absolute atomic E-state index is 13.4. The minimum atomic E-state index is -4.43. The van der Waals surface area contributed by atoms with Crippen molar-refractivity contribution >= 4 is 17.5 Å². The summed E-state index contributed by atoms with van der Waals surface area (Å²) in [5, 5.41) is 3.04. The number of likely N-dealkylation sites (tertiary alicyclic amines) is 1. The average Bonchev–Trinajstić information content (AvgIpc) is 3.43. The van der Waals surface area contributed by atoms with Gasteiger partial charge in [0.25, 0.3) is 0 Å². The standard InChI is InChI=1S/C26H36F3N5O3/c27-26(28,29)20-3-4-22-19(15-20)16-21(25(36)30-5-8-31-11-13-37-14-12-31)23-17-32(9-10-34(22)23)18-24(35)33-6-1-2-7-33/h3-4,15,21,23H,1-2,5-14,16-18H2,(H,30,36). The molecule has 5 rings (SSSR count). The third kappa shape index (κ3) is 6.04. The van der Waals surface area contributed by atoms with Crippen molar-refractivity contribution in [3.05, 3.63) is 29.3 Å². The van der Waals surface area contributed by atoms with Crippen LogP contribution < -0.4 is 10.2 Å². The van der Waals surface area contributed by atoms with Crippen LogP contribution in [0.2, 0.25) is 0 Å². The number of amides is 2. The molecule has 3 saturated heterocycles. The molecule has 4 heterocycles. The van der Waals surface area contributed by atoms with E-state index in [4.69, 9.17) is 4.74 Å². The van der Waals surface area contributed by atoms with E-state index < -0.39 is 17.7 Å². The molecule has 4 aliphatic heterocycles. The zero-order valence-electron chi connectivity index (χ0n) is 21.1. The number of rotatable bonds is 6. The molecule has 1 aromatic carbocycles. The second-order valence-electron chi connectivity index (χ2n) is 10.5. The molecule has 0 spiro atoms. The topological polar surface area (TPSA) is 68.4 Å². The first-order valence-corrected chi connectivity index (χ1v) is 13.3. The number of anilines is 1. The van der Waals surface area contributed by atoms with Gasteiger partial charge in [0.05, 0.1) is 37.3 Å². The fourth-order valence-corrected chi connectivity index (χ4v) is 6.05. The molecule has 1 N–H and O–H groups in total. The quantitative estimate of drug-likeness (QED) is 0.609. The van der Waals surface area contributed by atoms with Gasteiger partial charge in [0, 0.05) is 64.6 Å². The number of benzene rings is 1. The van der Waals surface area contributed by atoms with Crippen LogP contribution in [0, 0.1) is 5.92 Å². The largest absolute Gasteiger partial charge is 0.416 e. The van der Waals surface area contributed by atoms with Gasteiger partial charge in [0.1, 0.15) is 0 Å². The highest BCUT2D eigenvalue weighted by Gasteiger charge is 2.43. The molecule has 0 aromatic heterocycles. The first-order valence-electron chi connectivity index (χ1n) is 13.3. The van der Waals surface area contributed by atoms with Gasteiger partial charge in [-0.05, 0) is 43.0 Å². The molecule has 2 atom stereocenters. The number of nitrogens with zero attached hydrogens (tertiary/aromatic N) is 4. The molecule has 2 unspecified atom stereocenters. The van der Waals surface area contributed by atoms with E-state index in [1.165, 1.54) is 6.07 Å². The lowest BCUT2D eigenvalue weighted by Crippen LogP contribution is -2.62. The van der Waals surface area contributed by atoms with Crippen LogP contribution in [0.4, 0.5) is 18.9 Å². The fraction of sp³-hybridized carbons (Fsp3) is 0.692. The highest BCUT2D eigenvalue weighted by atomic mass is 19.4.